The predicted octanol–water partition coefficient (Wildman–Crippen LogP) is 3.22. The van der Waals surface area contributed by atoms with Gasteiger partial charge in [0.25, 0.3) is 0 Å². The molecule has 3 N–H and O–H groups in total. The van der Waals surface area contributed by atoms with Gasteiger partial charge in [-0.05, 0) is 37.7 Å². The van der Waals surface area contributed by atoms with Crippen molar-refractivity contribution in [2.45, 2.75) is 38.6 Å². The zero-order chi connectivity index (χ0) is 16.4. The molecule has 0 amide bonds. The number of benzene rings is 1. The number of fused-ring (bicyclic) bond motifs is 1. The van der Waals surface area contributed by atoms with Crippen molar-refractivity contribution in [3.63, 3.8) is 0 Å². The van der Waals surface area contributed by atoms with E-state index < -0.39 is 0 Å². The van der Waals surface area contributed by atoms with E-state index in [1.54, 1.807) is 14.2 Å². The van der Waals surface area contributed by atoms with Gasteiger partial charge in [-0.3, -0.25) is 0 Å². The Morgan fingerprint density at radius 1 is 1.04 bits per heavy atom. The van der Waals surface area contributed by atoms with Crippen molar-refractivity contribution < 1.29 is 9.47 Å². The summed E-state index contributed by atoms with van der Waals surface area (Å²) in [5.41, 5.74) is 6.86. The molecule has 6 heteroatoms. The highest BCUT2D eigenvalue weighted by atomic mass is 16.5. The lowest BCUT2D eigenvalue weighted by Crippen LogP contribution is -2.26. The van der Waals surface area contributed by atoms with Gasteiger partial charge in [-0.2, -0.15) is 4.98 Å². The SMILES string of the molecule is COc1cc2nc(NC3CCC(C)CC3)nc(N)c2cc1OC. The van der Waals surface area contributed by atoms with Gasteiger partial charge in [0, 0.05) is 17.5 Å². The second-order valence-electron chi connectivity index (χ2n) is 6.26. The molecule has 0 aliphatic heterocycles. The second kappa shape index (κ2) is 6.48. The maximum Gasteiger partial charge on any atom is 0.225 e. The molecule has 23 heavy (non-hydrogen) atoms. The Balaban J connectivity index is 1.90. The molecule has 124 valence electrons. The fourth-order valence-corrected chi connectivity index (χ4v) is 3.13. The topological polar surface area (TPSA) is 82.3 Å². The van der Waals surface area contributed by atoms with Crippen molar-refractivity contribution in [1.82, 2.24) is 9.97 Å². The zero-order valence-electron chi connectivity index (χ0n) is 13.9. The lowest BCUT2D eigenvalue weighted by Gasteiger charge is -2.27. The highest BCUT2D eigenvalue weighted by molar-refractivity contribution is 5.91. The Bertz CT molecular complexity index is 697. The number of nitrogens with two attached hydrogens (primary N) is 1. The minimum absolute atomic E-state index is 0.420. The van der Waals surface area contributed by atoms with Crippen molar-refractivity contribution in [2.75, 3.05) is 25.3 Å². The summed E-state index contributed by atoms with van der Waals surface area (Å²) >= 11 is 0. The number of aromatic nitrogens is 2. The fourth-order valence-electron chi connectivity index (χ4n) is 3.13. The van der Waals surface area contributed by atoms with E-state index in [0.717, 1.165) is 29.7 Å². The number of methoxy groups -OCH3 is 2. The molecule has 1 saturated carbocycles. The van der Waals surface area contributed by atoms with Gasteiger partial charge in [-0.25, -0.2) is 4.98 Å². The number of anilines is 2. The first-order valence-corrected chi connectivity index (χ1v) is 8.06. The molecular weight excluding hydrogens is 292 g/mol. The van der Waals surface area contributed by atoms with Crippen LogP contribution in [0.2, 0.25) is 0 Å². The summed E-state index contributed by atoms with van der Waals surface area (Å²) in [6.45, 7) is 2.31. The molecular formula is C17H24N4O2. The molecule has 0 spiro atoms. The van der Waals surface area contributed by atoms with E-state index in [0.29, 0.717) is 29.3 Å². The van der Waals surface area contributed by atoms with Crippen LogP contribution in [0.5, 0.6) is 11.5 Å². The summed E-state index contributed by atoms with van der Waals surface area (Å²) in [5.74, 6) is 3.10. The summed E-state index contributed by atoms with van der Waals surface area (Å²) < 4.78 is 10.6. The molecule has 3 rings (SSSR count). The molecule has 1 fully saturated rings. The molecule has 0 unspecified atom stereocenters. The molecule has 1 aliphatic rings. The van der Waals surface area contributed by atoms with Crippen molar-refractivity contribution in [1.29, 1.82) is 0 Å². The molecule has 1 aromatic carbocycles. The van der Waals surface area contributed by atoms with Gasteiger partial charge in [0.05, 0.1) is 19.7 Å². The Labute approximate surface area is 136 Å². The lowest BCUT2D eigenvalue weighted by atomic mass is 9.87. The molecule has 1 aromatic heterocycles. The molecule has 2 aromatic rings. The average Bonchev–Trinajstić information content (AvgIpc) is 2.56. The van der Waals surface area contributed by atoms with E-state index in [4.69, 9.17) is 15.2 Å². The molecule has 6 nitrogen and oxygen atoms in total. The van der Waals surface area contributed by atoms with E-state index in [1.807, 2.05) is 12.1 Å². The van der Waals surface area contributed by atoms with Crippen molar-refractivity contribution in [2.24, 2.45) is 5.92 Å². The maximum absolute atomic E-state index is 6.11. The minimum atomic E-state index is 0.420. The van der Waals surface area contributed by atoms with Gasteiger partial charge in [-0.15, -0.1) is 0 Å². The average molecular weight is 316 g/mol. The van der Waals surface area contributed by atoms with Crippen LogP contribution in [0.15, 0.2) is 12.1 Å². The van der Waals surface area contributed by atoms with E-state index in [2.05, 4.69) is 22.2 Å². The smallest absolute Gasteiger partial charge is 0.225 e. The minimum Gasteiger partial charge on any atom is -0.493 e. The normalized spacial score (nSPS) is 21.2. The van der Waals surface area contributed by atoms with Crippen LogP contribution in [-0.4, -0.2) is 30.2 Å². The highest BCUT2D eigenvalue weighted by Gasteiger charge is 2.19. The molecule has 1 heterocycles. The lowest BCUT2D eigenvalue weighted by molar-refractivity contribution is 0.355. The zero-order valence-corrected chi connectivity index (χ0v) is 13.9. The molecule has 0 saturated heterocycles. The summed E-state index contributed by atoms with van der Waals surface area (Å²) in [4.78, 5) is 9.00. The van der Waals surface area contributed by atoms with Crippen LogP contribution in [0.1, 0.15) is 32.6 Å². The van der Waals surface area contributed by atoms with Gasteiger partial charge in [-0.1, -0.05) is 6.92 Å². The summed E-state index contributed by atoms with van der Waals surface area (Å²) in [6.07, 6.45) is 4.78. The van der Waals surface area contributed by atoms with E-state index in [-0.39, 0.29) is 0 Å². The van der Waals surface area contributed by atoms with Gasteiger partial charge < -0.3 is 20.5 Å². The first-order chi connectivity index (χ1) is 11.1. The van der Waals surface area contributed by atoms with E-state index in [9.17, 15) is 0 Å². The molecule has 0 radical (unpaired) electrons. The molecule has 1 aliphatic carbocycles. The van der Waals surface area contributed by atoms with Crippen LogP contribution in [-0.2, 0) is 0 Å². The fraction of sp³-hybridized carbons (Fsp3) is 0.529. The largest absolute Gasteiger partial charge is 0.493 e. The number of ether oxygens (including phenoxy) is 2. The van der Waals surface area contributed by atoms with Crippen molar-refractivity contribution >= 4 is 22.7 Å². The van der Waals surface area contributed by atoms with Crippen LogP contribution in [0.3, 0.4) is 0 Å². The number of rotatable bonds is 4. The van der Waals surface area contributed by atoms with Crippen LogP contribution in [0, 0.1) is 5.92 Å². The highest BCUT2D eigenvalue weighted by Crippen LogP contribution is 2.34. The monoisotopic (exact) mass is 316 g/mol. The number of nitrogens with one attached hydrogen (secondary N) is 1. The van der Waals surface area contributed by atoms with Crippen LogP contribution >= 0.6 is 0 Å². The number of hydrogen-bond acceptors (Lipinski definition) is 6. The Morgan fingerprint density at radius 2 is 1.70 bits per heavy atom. The Morgan fingerprint density at radius 3 is 2.35 bits per heavy atom. The van der Waals surface area contributed by atoms with Gasteiger partial charge in [0.15, 0.2) is 11.5 Å². The third-order valence-corrected chi connectivity index (χ3v) is 4.58. The van der Waals surface area contributed by atoms with Crippen molar-refractivity contribution in [3.05, 3.63) is 12.1 Å². The van der Waals surface area contributed by atoms with Crippen molar-refractivity contribution in [3.8, 4) is 11.5 Å². The van der Waals surface area contributed by atoms with Gasteiger partial charge in [0.1, 0.15) is 5.82 Å². The van der Waals surface area contributed by atoms with E-state index in [1.165, 1.54) is 12.8 Å². The third kappa shape index (κ3) is 3.25. The second-order valence-corrected chi connectivity index (χ2v) is 6.26. The first kappa shape index (κ1) is 15.6. The van der Waals surface area contributed by atoms with Gasteiger partial charge in [0.2, 0.25) is 5.95 Å². The maximum atomic E-state index is 6.11. The summed E-state index contributed by atoms with van der Waals surface area (Å²) in [5, 5.41) is 4.20. The summed E-state index contributed by atoms with van der Waals surface area (Å²) in [6, 6.07) is 4.07. The number of nitrogen functional groups attached to an aromatic ring is 1. The molecule has 0 atom stereocenters. The predicted molar refractivity (Wildman–Crippen MR) is 92.1 cm³/mol. The van der Waals surface area contributed by atoms with E-state index >= 15 is 0 Å². The van der Waals surface area contributed by atoms with Crippen LogP contribution < -0.4 is 20.5 Å². The summed E-state index contributed by atoms with van der Waals surface area (Å²) in [7, 11) is 3.21. The molecule has 0 bridgehead atoms. The van der Waals surface area contributed by atoms with Gasteiger partial charge >= 0.3 is 0 Å². The third-order valence-electron chi connectivity index (χ3n) is 4.58. The number of nitrogens with zero attached hydrogens (tertiary/aromatic N) is 2. The quantitative estimate of drug-likeness (QED) is 0.901. The van der Waals surface area contributed by atoms with Crippen LogP contribution in [0.25, 0.3) is 10.9 Å². The van der Waals surface area contributed by atoms with Crippen LogP contribution in [0.4, 0.5) is 11.8 Å². The Hall–Kier alpha value is -2.24. The first-order valence-electron chi connectivity index (χ1n) is 8.06. The Kier molecular flexibility index (Phi) is 4.41. The number of hydrogen-bond donors (Lipinski definition) is 2. The standard InChI is InChI=1S/C17H24N4O2/c1-10-4-6-11(7-5-10)19-17-20-13-9-15(23-3)14(22-2)8-12(13)16(18)21-17/h8-11H,4-7H2,1-3H3,(H3,18,19,20,21).